The highest BCUT2D eigenvalue weighted by molar-refractivity contribution is 7.87. The van der Waals surface area contributed by atoms with E-state index in [1.165, 1.54) is 21.3 Å². The summed E-state index contributed by atoms with van der Waals surface area (Å²) < 4.78 is 30.1. The summed E-state index contributed by atoms with van der Waals surface area (Å²) >= 11 is 0. The zero-order valence-electron chi connectivity index (χ0n) is 16.5. The molecule has 146 valence electrons. The third-order valence-corrected chi connectivity index (χ3v) is 7.35. The van der Waals surface area contributed by atoms with Crippen LogP contribution in [0.5, 0.6) is 17.2 Å². The maximum absolute atomic E-state index is 14.0. The van der Waals surface area contributed by atoms with Gasteiger partial charge in [0.15, 0.2) is 7.14 Å². The third-order valence-electron chi connectivity index (χ3n) is 4.45. The fourth-order valence-corrected chi connectivity index (χ4v) is 5.66. The lowest BCUT2D eigenvalue weighted by molar-refractivity contribution is 0.107. The van der Waals surface area contributed by atoms with Gasteiger partial charge in [-0.2, -0.15) is 0 Å². The lowest BCUT2D eigenvalue weighted by atomic mass is 10.2. The first kappa shape index (κ1) is 21.0. The van der Waals surface area contributed by atoms with E-state index in [-0.39, 0.29) is 17.1 Å². The Kier molecular flexibility index (Phi) is 7.09. The Bertz CT molecular complexity index is 805. The maximum Gasteiger partial charge on any atom is 0.233 e. The first-order chi connectivity index (χ1) is 12.9. The minimum atomic E-state index is -3.38. The second-order valence-corrected chi connectivity index (χ2v) is 9.54. The van der Waals surface area contributed by atoms with Crippen molar-refractivity contribution in [3.63, 3.8) is 0 Å². The van der Waals surface area contributed by atoms with Crippen molar-refractivity contribution in [1.82, 2.24) is 0 Å². The molecule has 0 radical (unpaired) electrons. The minimum absolute atomic E-state index is 0.191. The number of hydrogen-bond donors (Lipinski definition) is 0. The second kappa shape index (κ2) is 9.09. The van der Waals surface area contributed by atoms with E-state index >= 15 is 0 Å². The SMILES string of the molecule is COc1cc(OC)c(C(=O)P(=O)(CCC(C)C)c2ccccc2)c(OC)c1. The van der Waals surface area contributed by atoms with Crippen molar-refractivity contribution >= 4 is 18.0 Å². The van der Waals surface area contributed by atoms with Crippen molar-refractivity contribution in [1.29, 1.82) is 0 Å². The summed E-state index contributed by atoms with van der Waals surface area (Å²) in [5.41, 5.74) is -0.262. The lowest BCUT2D eigenvalue weighted by Crippen LogP contribution is -2.18. The summed E-state index contributed by atoms with van der Waals surface area (Å²) in [6.07, 6.45) is 0.977. The molecule has 2 aromatic carbocycles. The van der Waals surface area contributed by atoms with Crippen molar-refractivity contribution in [2.75, 3.05) is 27.5 Å². The van der Waals surface area contributed by atoms with Crippen LogP contribution in [0.3, 0.4) is 0 Å². The lowest BCUT2D eigenvalue weighted by Gasteiger charge is -2.21. The van der Waals surface area contributed by atoms with Crippen LogP contribution in [0, 0.1) is 5.92 Å². The topological polar surface area (TPSA) is 61.8 Å². The first-order valence-electron chi connectivity index (χ1n) is 8.87. The molecule has 27 heavy (non-hydrogen) atoms. The molecule has 0 bridgehead atoms. The molecule has 1 atom stereocenters. The van der Waals surface area contributed by atoms with Crippen LogP contribution >= 0.6 is 7.14 Å². The van der Waals surface area contributed by atoms with Gasteiger partial charge >= 0.3 is 0 Å². The fourth-order valence-electron chi connectivity index (χ4n) is 2.85. The van der Waals surface area contributed by atoms with Gasteiger partial charge in [-0.25, -0.2) is 0 Å². The van der Waals surface area contributed by atoms with Gasteiger partial charge < -0.3 is 18.8 Å². The van der Waals surface area contributed by atoms with Gasteiger partial charge in [0.25, 0.3) is 0 Å². The van der Waals surface area contributed by atoms with Crippen molar-refractivity contribution in [3.05, 3.63) is 48.0 Å². The molecule has 5 nitrogen and oxygen atoms in total. The molecule has 0 saturated heterocycles. The molecule has 0 spiro atoms. The van der Waals surface area contributed by atoms with E-state index in [9.17, 15) is 9.36 Å². The fraction of sp³-hybridized carbons (Fsp3) is 0.381. The van der Waals surface area contributed by atoms with Crippen LogP contribution < -0.4 is 19.5 Å². The van der Waals surface area contributed by atoms with Gasteiger partial charge in [-0.1, -0.05) is 44.2 Å². The van der Waals surface area contributed by atoms with Crippen LogP contribution in [0.2, 0.25) is 0 Å². The molecule has 0 saturated carbocycles. The Morgan fingerprint density at radius 3 is 1.96 bits per heavy atom. The van der Waals surface area contributed by atoms with Gasteiger partial charge in [-0.05, 0) is 12.3 Å². The van der Waals surface area contributed by atoms with Crippen molar-refractivity contribution in [3.8, 4) is 17.2 Å². The molecule has 0 aliphatic heterocycles. The molecule has 2 rings (SSSR count). The number of ether oxygens (including phenoxy) is 3. The molecule has 0 heterocycles. The maximum atomic E-state index is 14.0. The Hall–Kier alpha value is -2.26. The van der Waals surface area contributed by atoms with E-state index < -0.39 is 12.7 Å². The van der Waals surface area contributed by atoms with E-state index in [0.717, 1.165) is 0 Å². The molecule has 0 aliphatic carbocycles. The minimum Gasteiger partial charge on any atom is -0.496 e. The summed E-state index contributed by atoms with van der Waals surface area (Å²) in [6.45, 7) is 4.10. The summed E-state index contributed by atoms with van der Waals surface area (Å²) in [5, 5.41) is 0.551. The zero-order valence-corrected chi connectivity index (χ0v) is 17.4. The average Bonchev–Trinajstić information content (AvgIpc) is 2.70. The highest BCUT2D eigenvalue weighted by Crippen LogP contribution is 2.52. The monoisotopic (exact) mass is 390 g/mol. The van der Waals surface area contributed by atoms with Crippen LogP contribution in [0.1, 0.15) is 30.6 Å². The van der Waals surface area contributed by atoms with Crippen molar-refractivity contribution < 1.29 is 23.6 Å². The Morgan fingerprint density at radius 1 is 0.963 bits per heavy atom. The van der Waals surface area contributed by atoms with Crippen LogP contribution in [-0.2, 0) is 4.57 Å². The summed E-state index contributed by atoms with van der Waals surface area (Å²) in [5.74, 6) is 1.40. The predicted molar refractivity (Wildman–Crippen MR) is 108 cm³/mol. The molecule has 1 unspecified atom stereocenters. The summed E-state index contributed by atoms with van der Waals surface area (Å²) in [7, 11) is 1.07. The summed E-state index contributed by atoms with van der Waals surface area (Å²) in [6, 6.07) is 12.2. The molecule has 0 aliphatic rings. The van der Waals surface area contributed by atoms with Gasteiger partial charge in [0.05, 0.1) is 21.3 Å². The Morgan fingerprint density at radius 2 is 1.52 bits per heavy atom. The normalized spacial score (nSPS) is 13.1. The molecule has 6 heteroatoms. The van der Waals surface area contributed by atoms with Crippen molar-refractivity contribution in [2.24, 2.45) is 5.92 Å². The molecule has 0 aromatic heterocycles. The molecule has 2 aromatic rings. The predicted octanol–water partition coefficient (Wildman–Crippen LogP) is 4.59. The number of rotatable bonds is 9. The number of carbonyl (C=O) groups excluding carboxylic acids is 1. The van der Waals surface area contributed by atoms with E-state index in [2.05, 4.69) is 0 Å². The van der Waals surface area contributed by atoms with E-state index in [0.29, 0.717) is 29.6 Å². The number of carbonyl (C=O) groups is 1. The summed E-state index contributed by atoms with van der Waals surface area (Å²) in [4.78, 5) is 13.6. The molecular weight excluding hydrogens is 363 g/mol. The number of methoxy groups -OCH3 is 3. The molecule has 0 N–H and O–H groups in total. The van der Waals surface area contributed by atoms with Crippen molar-refractivity contribution in [2.45, 2.75) is 20.3 Å². The first-order valence-corrected chi connectivity index (χ1v) is 10.8. The average molecular weight is 390 g/mol. The zero-order chi connectivity index (χ0) is 20.0. The highest BCUT2D eigenvalue weighted by Gasteiger charge is 2.38. The van der Waals surface area contributed by atoms with Gasteiger partial charge in [0.2, 0.25) is 5.52 Å². The van der Waals surface area contributed by atoms with Gasteiger partial charge in [0.1, 0.15) is 22.8 Å². The molecular formula is C21H27O5P. The van der Waals surface area contributed by atoms with Crippen LogP contribution in [0.25, 0.3) is 0 Å². The molecule has 0 fully saturated rings. The van der Waals surface area contributed by atoms with Gasteiger partial charge in [-0.15, -0.1) is 0 Å². The van der Waals surface area contributed by atoms with E-state index in [1.54, 1.807) is 36.4 Å². The number of hydrogen-bond acceptors (Lipinski definition) is 5. The highest BCUT2D eigenvalue weighted by atomic mass is 31.2. The standard InChI is InChI=1S/C21H27O5P/c1-15(2)11-12-27(23,17-9-7-6-8-10-17)21(22)20-18(25-4)13-16(24-3)14-19(20)26-5/h6-10,13-15H,11-12H2,1-5H3. The van der Waals surface area contributed by atoms with E-state index in [1.807, 2.05) is 19.9 Å². The largest absolute Gasteiger partial charge is 0.496 e. The quantitative estimate of drug-likeness (QED) is 0.586. The Balaban J connectivity index is 2.64. The third kappa shape index (κ3) is 4.54. The van der Waals surface area contributed by atoms with Crippen LogP contribution in [0.15, 0.2) is 42.5 Å². The van der Waals surface area contributed by atoms with E-state index in [4.69, 9.17) is 14.2 Å². The van der Waals surface area contributed by atoms with Crippen LogP contribution in [-0.4, -0.2) is 33.0 Å². The second-order valence-electron chi connectivity index (χ2n) is 6.69. The van der Waals surface area contributed by atoms with Gasteiger partial charge in [0, 0.05) is 23.6 Å². The number of benzene rings is 2. The smallest absolute Gasteiger partial charge is 0.233 e. The van der Waals surface area contributed by atoms with Gasteiger partial charge in [-0.3, -0.25) is 4.79 Å². The molecule has 0 amide bonds. The van der Waals surface area contributed by atoms with Crippen LogP contribution in [0.4, 0.5) is 0 Å². The Labute approximate surface area is 161 Å².